The summed E-state index contributed by atoms with van der Waals surface area (Å²) in [7, 11) is -3.72. The van der Waals surface area contributed by atoms with E-state index >= 15 is 0 Å². The van der Waals surface area contributed by atoms with Crippen LogP contribution in [0.15, 0.2) is 72.1 Å². The molecule has 2 aromatic heterocycles. The van der Waals surface area contributed by atoms with Crippen LogP contribution >= 0.6 is 0 Å². The van der Waals surface area contributed by atoms with Crippen LogP contribution in [0.5, 0.6) is 11.6 Å². The number of aryl methyl sites for hydroxylation is 3. The Morgan fingerprint density at radius 1 is 0.968 bits per heavy atom. The summed E-state index contributed by atoms with van der Waals surface area (Å²) in [4.78, 5) is 8.56. The lowest BCUT2D eigenvalue weighted by atomic mass is 10.1. The Balaban J connectivity index is 1.51. The number of benzene rings is 2. The van der Waals surface area contributed by atoms with Crippen LogP contribution < -0.4 is 9.46 Å². The largest absolute Gasteiger partial charge is 0.439 e. The van der Waals surface area contributed by atoms with Crippen molar-refractivity contribution < 1.29 is 13.2 Å². The van der Waals surface area contributed by atoms with Gasteiger partial charge in [-0.25, -0.2) is 23.1 Å². The van der Waals surface area contributed by atoms with E-state index in [4.69, 9.17) is 4.74 Å². The first-order chi connectivity index (χ1) is 14.8. The number of nitrogens with zero attached hydrogens (tertiary/aromatic N) is 4. The van der Waals surface area contributed by atoms with E-state index < -0.39 is 10.0 Å². The molecule has 0 saturated heterocycles. The Morgan fingerprint density at radius 2 is 1.68 bits per heavy atom. The molecule has 0 atom stereocenters. The zero-order chi connectivity index (χ0) is 22.0. The monoisotopic (exact) mass is 435 g/mol. The molecule has 2 heterocycles. The molecule has 0 aliphatic rings. The van der Waals surface area contributed by atoms with E-state index in [1.54, 1.807) is 67.3 Å². The van der Waals surface area contributed by atoms with Gasteiger partial charge in [-0.15, -0.1) is 0 Å². The second-order valence-corrected chi connectivity index (χ2v) is 8.74. The van der Waals surface area contributed by atoms with Gasteiger partial charge in [0.2, 0.25) is 5.88 Å². The highest BCUT2D eigenvalue weighted by Crippen LogP contribution is 2.26. The van der Waals surface area contributed by atoms with Crippen LogP contribution in [0.3, 0.4) is 0 Å². The summed E-state index contributed by atoms with van der Waals surface area (Å²) in [5.74, 6) is 1.43. The van der Waals surface area contributed by atoms with Gasteiger partial charge in [0, 0.05) is 24.1 Å². The second kappa shape index (κ2) is 8.19. The molecule has 4 rings (SSSR count). The van der Waals surface area contributed by atoms with Gasteiger partial charge in [0.25, 0.3) is 10.0 Å². The van der Waals surface area contributed by atoms with E-state index in [-0.39, 0.29) is 0 Å². The summed E-state index contributed by atoms with van der Waals surface area (Å²) >= 11 is 0. The zero-order valence-electron chi connectivity index (χ0n) is 17.3. The van der Waals surface area contributed by atoms with E-state index in [1.165, 1.54) is 6.33 Å². The Kier molecular flexibility index (Phi) is 5.43. The van der Waals surface area contributed by atoms with Gasteiger partial charge in [-0.3, -0.25) is 4.72 Å². The second-order valence-electron chi connectivity index (χ2n) is 7.12. The number of aromatic nitrogens is 4. The number of sulfonamides is 1. The minimum Gasteiger partial charge on any atom is -0.439 e. The molecular formula is C22H21N5O3S. The highest BCUT2D eigenvalue weighted by molar-refractivity contribution is 7.92. The molecule has 0 saturated carbocycles. The third kappa shape index (κ3) is 4.56. The standard InChI is InChI=1S/C22H21N5O3S/c1-15-11-16(2)22(17(3)12-15)31(28,29)26-18-5-7-19(8-6-18)30-21-13-20(23-14-24-21)27-10-4-9-25-27/h4-14,26H,1-3H3. The average molecular weight is 436 g/mol. The maximum absolute atomic E-state index is 12.9. The van der Waals surface area contributed by atoms with Crippen molar-refractivity contribution in [3.8, 4) is 17.4 Å². The first kappa shape index (κ1) is 20.5. The molecule has 1 N–H and O–H groups in total. The lowest BCUT2D eigenvalue weighted by Crippen LogP contribution is -2.15. The number of hydrogen-bond acceptors (Lipinski definition) is 6. The van der Waals surface area contributed by atoms with Crippen LogP contribution in [-0.2, 0) is 10.0 Å². The number of ether oxygens (including phenoxy) is 1. The smallest absolute Gasteiger partial charge is 0.262 e. The van der Waals surface area contributed by atoms with Gasteiger partial charge in [-0.05, 0) is 62.2 Å². The quantitative estimate of drug-likeness (QED) is 0.488. The third-order valence-corrected chi connectivity index (χ3v) is 6.25. The molecule has 0 fully saturated rings. The van der Waals surface area contributed by atoms with E-state index in [9.17, 15) is 8.42 Å². The van der Waals surface area contributed by atoms with Gasteiger partial charge in [0.1, 0.15) is 12.1 Å². The van der Waals surface area contributed by atoms with Crippen LogP contribution in [0.2, 0.25) is 0 Å². The van der Waals surface area contributed by atoms with Crippen molar-refractivity contribution in [2.45, 2.75) is 25.7 Å². The Bertz CT molecular complexity index is 1290. The fraction of sp³-hybridized carbons (Fsp3) is 0.136. The first-order valence-corrected chi connectivity index (χ1v) is 11.0. The van der Waals surface area contributed by atoms with E-state index in [2.05, 4.69) is 19.8 Å². The Morgan fingerprint density at radius 3 is 2.32 bits per heavy atom. The van der Waals surface area contributed by atoms with Crippen molar-refractivity contribution in [3.63, 3.8) is 0 Å². The van der Waals surface area contributed by atoms with Crippen molar-refractivity contribution >= 4 is 15.7 Å². The summed E-state index contributed by atoms with van der Waals surface area (Å²) in [6.07, 6.45) is 4.81. The fourth-order valence-electron chi connectivity index (χ4n) is 3.42. The SMILES string of the molecule is Cc1cc(C)c(S(=O)(=O)Nc2ccc(Oc3cc(-n4cccn4)ncn3)cc2)c(C)c1. The van der Waals surface area contributed by atoms with Crippen LogP contribution in [-0.4, -0.2) is 28.2 Å². The van der Waals surface area contributed by atoms with Gasteiger partial charge in [0.05, 0.1) is 4.90 Å². The maximum atomic E-state index is 12.9. The highest BCUT2D eigenvalue weighted by Gasteiger charge is 2.20. The predicted molar refractivity (Wildman–Crippen MR) is 117 cm³/mol. The lowest BCUT2D eigenvalue weighted by molar-refractivity contribution is 0.460. The van der Waals surface area contributed by atoms with Crippen molar-refractivity contribution in [2.24, 2.45) is 0 Å². The number of nitrogens with one attached hydrogen (secondary N) is 1. The number of anilines is 1. The normalized spacial score (nSPS) is 11.3. The summed E-state index contributed by atoms with van der Waals surface area (Å²) in [5, 5.41) is 4.13. The molecule has 0 radical (unpaired) electrons. The molecule has 8 nitrogen and oxygen atoms in total. The van der Waals surface area contributed by atoms with Crippen molar-refractivity contribution in [3.05, 3.63) is 83.9 Å². The topological polar surface area (TPSA) is 99.0 Å². The van der Waals surface area contributed by atoms with Gasteiger partial charge in [-0.1, -0.05) is 17.7 Å². The Labute approximate surface area is 180 Å². The van der Waals surface area contributed by atoms with Crippen LogP contribution in [0.25, 0.3) is 5.82 Å². The highest BCUT2D eigenvalue weighted by atomic mass is 32.2. The molecule has 0 bridgehead atoms. The number of rotatable bonds is 6. The van der Waals surface area contributed by atoms with Gasteiger partial charge >= 0.3 is 0 Å². The molecule has 2 aromatic carbocycles. The maximum Gasteiger partial charge on any atom is 0.262 e. The molecular weight excluding hydrogens is 414 g/mol. The predicted octanol–water partition coefficient (Wildman–Crippen LogP) is 4.18. The molecule has 0 aliphatic heterocycles. The summed E-state index contributed by atoms with van der Waals surface area (Å²) in [5.41, 5.74) is 2.88. The van der Waals surface area contributed by atoms with E-state index in [1.807, 2.05) is 19.1 Å². The van der Waals surface area contributed by atoms with Gasteiger partial charge in [0.15, 0.2) is 5.82 Å². The van der Waals surface area contributed by atoms with Crippen LogP contribution in [0, 0.1) is 20.8 Å². The van der Waals surface area contributed by atoms with E-state index in [0.717, 1.165) is 5.56 Å². The first-order valence-electron chi connectivity index (χ1n) is 9.52. The van der Waals surface area contributed by atoms with Gasteiger partial charge < -0.3 is 4.74 Å². The zero-order valence-corrected chi connectivity index (χ0v) is 18.1. The molecule has 0 spiro atoms. The van der Waals surface area contributed by atoms with Gasteiger partial charge in [-0.2, -0.15) is 5.10 Å². The minimum atomic E-state index is -3.72. The van der Waals surface area contributed by atoms with Crippen molar-refractivity contribution in [1.29, 1.82) is 0 Å². The van der Waals surface area contributed by atoms with Crippen molar-refractivity contribution in [2.75, 3.05) is 4.72 Å². The molecule has 0 amide bonds. The molecule has 0 unspecified atom stereocenters. The summed E-state index contributed by atoms with van der Waals surface area (Å²) in [6, 6.07) is 13.8. The number of hydrogen-bond donors (Lipinski definition) is 1. The molecule has 4 aromatic rings. The third-order valence-electron chi connectivity index (χ3n) is 4.57. The minimum absolute atomic E-state index is 0.297. The summed E-state index contributed by atoms with van der Waals surface area (Å²) < 4.78 is 35.8. The van der Waals surface area contributed by atoms with Crippen molar-refractivity contribution in [1.82, 2.24) is 19.7 Å². The van der Waals surface area contributed by atoms with Crippen LogP contribution in [0.4, 0.5) is 5.69 Å². The molecule has 158 valence electrons. The van der Waals surface area contributed by atoms with Crippen LogP contribution in [0.1, 0.15) is 16.7 Å². The average Bonchev–Trinajstić information content (AvgIpc) is 3.23. The van der Waals surface area contributed by atoms with E-state index in [0.29, 0.717) is 39.2 Å². The fourth-order valence-corrected chi connectivity index (χ4v) is 4.94. The molecule has 9 heteroatoms. The molecule has 31 heavy (non-hydrogen) atoms. The lowest BCUT2D eigenvalue weighted by Gasteiger charge is -2.14. The molecule has 0 aliphatic carbocycles. The Hall–Kier alpha value is -3.72. The summed E-state index contributed by atoms with van der Waals surface area (Å²) in [6.45, 7) is 5.54.